The lowest BCUT2D eigenvalue weighted by molar-refractivity contribution is 0.204. The molecule has 30 heavy (non-hydrogen) atoms. The Labute approximate surface area is 177 Å². The largest absolute Gasteiger partial charge is 0.453 e. The molecule has 0 radical (unpaired) electrons. The van der Waals surface area contributed by atoms with Gasteiger partial charge in [0, 0.05) is 25.4 Å². The van der Waals surface area contributed by atoms with Gasteiger partial charge in [0.15, 0.2) is 17.3 Å². The number of nitrogens with zero attached hydrogens (tertiary/aromatic N) is 3. The molecule has 2 aromatic carbocycles. The number of ether oxygens (including phenoxy) is 1. The topological polar surface area (TPSA) is 81.6 Å². The first kappa shape index (κ1) is 20.3. The van der Waals surface area contributed by atoms with Gasteiger partial charge in [-0.25, -0.2) is 18.4 Å². The zero-order chi connectivity index (χ0) is 20.9. The van der Waals surface area contributed by atoms with E-state index in [4.69, 9.17) is 8.92 Å². The van der Waals surface area contributed by atoms with Gasteiger partial charge in [-0.15, -0.1) is 0 Å². The molecule has 1 aromatic heterocycles. The van der Waals surface area contributed by atoms with Gasteiger partial charge in [0.25, 0.3) is 11.0 Å². The predicted octanol–water partition coefficient (Wildman–Crippen LogP) is 4.35. The van der Waals surface area contributed by atoms with Crippen LogP contribution < -0.4 is 9.64 Å². The van der Waals surface area contributed by atoms with Crippen molar-refractivity contribution >= 4 is 22.4 Å². The highest BCUT2D eigenvalue weighted by Crippen LogP contribution is 2.47. The van der Waals surface area contributed by atoms with Crippen molar-refractivity contribution in [1.29, 1.82) is 0 Å². The molecular formula is C22H23N3O4S. The minimum atomic E-state index is -3.03. The Kier molecular flexibility index (Phi) is 6.25. The fourth-order valence-corrected chi connectivity index (χ4v) is 4.02. The average Bonchev–Trinajstić information content (AvgIpc) is 2.76. The van der Waals surface area contributed by atoms with Crippen molar-refractivity contribution in [2.24, 2.45) is 0 Å². The summed E-state index contributed by atoms with van der Waals surface area (Å²) in [5.41, 5.74) is 3.11. The molecule has 7 nitrogen and oxygen atoms in total. The Morgan fingerprint density at radius 2 is 1.80 bits per heavy atom. The number of anilines is 2. The molecule has 4 rings (SSSR count). The molecule has 1 unspecified atom stereocenters. The minimum Gasteiger partial charge on any atom is -0.453 e. The molecule has 1 aliphatic heterocycles. The Bertz CT molecular complexity index is 1080. The molecule has 0 amide bonds. The summed E-state index contributed by atoms with van der Waals surface area (Å²) in [7, 11) is -3.03. The summed E-state index contributed by atoms with van der Waals surface area (Å²) in [6.07, 6.45) is 4.81. The lowest BCUT2D eigenvalue weighted by Crippen LogP contribution is -2.25. The van der Waals surface area contributed by atoms with Gasteiger partial charge in [-0.1, -0.05) is 31.5 Å². The fourth-order valence-electron chi connectivity index (χ4n) is 3.62. The van der Waals surface area contributed by atoms with Crippen LogP contribution in [0.2, 0.25) is 0 Å². The van der Waals surface area contributed by atoms with Crippen molar-refractivity contribution < 1.29 is 17.3 Å². The van der Waals surface area contributed by atoms with E-state index >= 15 is 0 Å². The number of thiol groups is 1. The number of hydrogen-bond donors (Lipinski definition) is 1. The van der Waals surface area contributed by atoms with Crippen LogP contribution in [0.15, 0.2) is 60.9 Å². The smallest absolute Gasteiger partial charge is 0.257 e. The zero-order valence-electron chi connectivity index (χ0n) is 16.6. The van der Waals surface area contributed by atoms with Gasteiger partial charge in [-0.05, 0) is 42.3 Å². The standard InChI is InChI=1S/C22H23N3O4S/c1-2-6-16-9-10-20-18(15-16)25(17-7-3-4-8-19(17)28-20)14-11-21(29-30(26)27)22-23-12-5-13-24-22/h3-5,7-10,12-13,15,21,30H,2,6,11,14H2,1H3. The maximum absolute atomic E-state index is 11.3. The van der Waals surface area contributed by atoms with Gasteiger partial charge in [-0.2, -0.15) is 0 Å². The van der Waals surface area contributed by atoms with Crippen LogP contribution in [0.25, 0.3) is 0 Å². The third-order valence-corrected chi connectivity index (χ3v) is 5.36. The quantitative estimate of drug-likeness (QED) is 0.537. The van der Waals surface area contributed by atoms with Crippen LogP contribution in [0.3, 0.4) is 0 Å². The Balaban J connectivity index is 1.66. The van der Waals surface area contributed by atoms with Crippen molar-refractivity contribution in [2.75, 3.05) is 11.4 Å². The third kappa shape index (κ3) is 4.44. The molecule has 0 spiro atoms. The van der Waals surface area contributed by atoms with E-state index in [-0.39, 0.29) is 0 Å². The van der Waals surface area contributed by atoms with Crippen LogP contribution in [-0.2, 0) is 21.6 Å². The zero-order valence-corrected chi connectivity index (χ0v) is 17.5. The molecule has 0 saturated heterocycles. The Hall–Kier alpha value is -2.97. The van der Waals surface area contributed by atoms with E-state index in [1.54, 1.807) is 18.5 Å². The van der Waals surface area contributed by atoms with Crippen molar-refractivity contribution in [3.63, 3.8) is 0 Å². The number of benzene rings is 2. The molecule has 8 heteroatoms. The summed E-state index contributed by atoms with van der Waals surface area (Å²) in [5, 5.41) is 0. The maximum Gasteiger partial charge on any atom is 0.257 e. The van der Waals surface area contributed by atoms with E-state index in [2.05, 4.69) is 33.9 Å². The first-order valence-electron chi connectivity index (χ1n) is 9.91. The molecule has 2 heterocycles. The number of para-hydroxylation sites is 2. The van der Waals surface area contributed by atoms with Crippen LogP contribution >= 0.6 is 0 Å². The molecule has 0 bridgehead atoms. The van der Waals surface area contributed by atoms with Crippen molar-refractivity contribution in [1.82, 2.24) is 9.97 Å². The van der Waals surface area contributed by atoms with Crippen molar-refractivity contribution in [3.05, 3.63) is 72.3 Å². The molecule has 0 saturated carbocycles. The van der Waals surface area contributed by atoms with Gasteiger partial charge < -0.3 is 9.64 Å². The Morgan fingerprint density at radius 3 is 2.57 bits per heavy atom. The van der Waals surface area contributed by atoms with E-state index in [0.29, 0.717) is 18.8 Å². The van der Waals surface area contributed by atoms with Crippen LogP contribution in [0.5, 0.6) is 11.5 Å². The maximum atomic E-state index is 11.3. The molecule has 0 N–H and O–H groups in total. The lowest BCUT2D eigenvalue weighted by atomic mass is 10.1. The monoisotopic (exact) mass is 425 g/mol. The van der Waals surface area contributed by atoms with Crippen molar-refractivity contribution in [2.45, 2.75) is 32.3 Å². The average molecular weight is 426 g/mol. The predicted molar refractivity (Wildman–Crippen MR) is 115 cm³/mol. The number of aromatic nitrogens is 2. The molecule has 1 atom stereocenters. The SMILES string of the molecule is CCCc1ccc2c(c1)N(CCC(O[SH](=O)=O)c1ncccn1)c1ccccc1O2. The van der Waals surface area contributed by atoms with E-state index in [1.807, 2.05) is 30.3 Å². The Morgan fingerprint density at radius 1 is 1.03 bits per heavy atom. The lowest BCUT2D eigenvalue weighted by Gasteiger charge is -2.33. The van der Waals surface area contributed by atoms with Gasteiger partial charge in [-0.3, -0.25) is 4.18 Å². The summed E-state index contributed by atoms with van der Waals surface area (Å²) in [5.74, 6) is 1.88. The molecule has 1 aliphatic rings. The second-order valence-corrected chi connectivity index (χ2v) is 7.64. The number of aryl methyl sites for hydroxylation is 1. The molecule has 0 aliphatic carbocycles. The van der Waals surface area contributed by atoms with Gasteiger partial charge >= 0.3 is 0 Å². The van der Waals surface area contributed by atoms with Crippen molar-refractivity contribution in [3.8, 4) is 11.5 Å². The summed E-state index contributed by atoms with van der Waals surface area (Å²) in [6, 6.07) is 15.7. The highest BCUT2D eigenvalue weighted by Gasteiger charge is 2.26. The molecule has 3 aromatic rings. The van der Waals surface area contributed by atoms with E-state index in [1.165, 1.54) is 5.56 Å². The van der Waals surface area contributed by atoms with Crippen LogP contribution in [0.4, 0.5) is 11.4 Å². The fraction of sp³-hybridized carbons (Fsp3) is 0.273. The number of hydrogen-bond acceptors (Lipinski definition) is 7. The minimum absolute atomic E-state index is 0.346. The van der Waals surface area contributed by atoms with Gasteiger partial charge in [0.05, 0.1) is 11.4 Å². The summed E-state index contributed by atoms with van der Waals surface area (Å²) in [6.45, 7) is 2.66. The first-order valence-corrected chi connectivity index (χ1v) is 11.0. The van der Waals surface area contributed by atoms with E-state index < -0.39 is 17.1 Å². The molecular weight excluding hydrogens is 402 g/mol. The van der Waals surface area contributed by atoms with Crippen LogP contribution in [-0.4, -0.2) is 24.9 Å². The number of rotatable bonds is 8. The van der Waals surface area contributed by atoms with Gasteiger partial charge in [0.2, 0.25) is 0 Å². The second-order valence-electron chi connectivity index (χ2n) is 6.99. The third-order valence-electron chi connectivity index (χ3n) is 4.93. The summed E-state index contributed by atoms with van der Waals surface area (Å²) in [4.78, 5) is 10.5. The summed E-state index contributed by atoms with van der Waals surface area (Å²) < 4.78 is 33.8. The number of fused-ring (bicyclic) bond motifs is 2. The molecule has 156 valence electrons. The highest BCUT2D eigenvalue weighted by atomic mass is 32.2. The molecule has 0 fully saturated rings. The highest BCUT2D eigenvalue weighted by molar-refractivity contribution is 7.67. The van der Waals surface area contributed by atoms with E-state index in [0.717, 1.165) is 35.7 Å². The first-order chi connectivity index (χ1) is 14.7. The second kappa shape index (κ2) is 9.23. The summed E-state index contributed by atoms with van der Waals surface area (Å²) >= 11 is 0. The van der Waals surface area contributed by atoms with Crippen LogP contribution in [0.1, 0.15) is 37.3 Å². The normalized spacial score (nSPS) is 13.5. The van der Waals surface area contributed by atoms with E-state index in [9.17, 15) is 8.42 Å². The van der Waals surface area contributed by atoms with Gasteiger partial charge in [0.1, 0.15) is 6.10 Å². The van der Waals surface area contributed by atoms with Crippen LogP contribution in [0, 0.1) is 0 Å².